The lowest BCUT2D eigenvalue weighted by atomic mass is 10.0. The van der Waals surface area contributed by atoms with E-state index in [9.17, 15) is 18.0 Å². The number of halogens is 3. The summed E-state index contributed by atoms with van der Waals surface area (Å²) in [6.45, 7) is 0. The van der Waals surface area contributed by atoms with Crippen molar-refractivity contribution in [1.82, 2.24) is 4.98 Å². The number of nitrogens with zero attached hydrogens (tertiary/aromatic N) is 1. The summed E-state index contributed by atoms with van der Waals surface area (Å²) in [5, 5.41) is 8.69. The minimum atomic E-state index is -4.41. The summed E-state index contributed by atoms with van der Waals surface area (Å²) in [4.78, 5) is 14.5. The van der Waals surface area contributed by atoms with Crippen LogP contribution < -0.4 is 0 Å². The SMILES string of the molecule is O=C(O)Cc1cc(-c2cccc(C(F)(F)F)c2)ccn1. The summed E-state index contributed by atoms with van der Waals surface area (Å²) in [6.07, 6.45) is -3.30. The normalized spacial score (nSPS) is 11.3. The van der Waals surface area contributed by atoms with Crippen LogP contribution in [-0.4, -0.2) is 16.1 Å². The molecule has 6 heteroatoms. The molecule has 0 spiro atoms. The standard InChI is InChI=1S/C14H10F3NO2/c15-14(16,17)11-3-1-2-9(6-11)10-4-5-18-12(7-10)8-13(19)20/h1-7H,8H2,(H,19,20). The lowest BCUT2D eigenvalue weighted by molar-refractivity contribution is -0.138. The number of aromatic nitrogens is 1. The Morgan fingerprint density at radius 3 is 2.50 bits per heavy atom. The first-order valence-corrected chi connectivity index (χ1v) is 5.70. The molecule has 0 radical (unpaired) electrons. The van der Waals surface area contributed by atoms with Crippen molar-refractivity contribution < 1.29 is 23.1 Å². The van der Waals surface area contributed by atoms with E-state index in [0.29, 0.717) is 16.8 Å². The molecule has 0 fully saturated rings. The Kier molecular flexibility index (Phi) is 3.74. The number of carboxylic acids is 1. The second-order valence-electron chi connectivity index (χ2n) is 4.18. The van der Waals surface area contributed by atoms with Crippen LogP contribution >= 0.6 is 0 Å². The Balaban J connectivity index is 2.39. The second kappa shape index (κ2) is 5.32. The number of rotatable bonds is 3. The molecule has 0 aliphatic rings. The third kappa shape index (κ3) is 3.34. The van der Waals surface area contributed by atoms with E-state index in [4.69, 9.17) is 5.11 Å². The highest BCUT2D eigenvalue weighted by Crippen LogP contribution is 2.32. The average Bonchev–Trinajstić information content (AvgIpc) is 2.37. The molecule has 0 bridgehead atoms. The van der Waals surface area contributed by atoms with Gasteiger partial charge in [0.2, 0.25) is 0 Å². The maximum absolute atomic E-state index is 12.6. The van der Waals surface area contributed by atoms with Gasteiger partial charge < -0.3 is 5.11 Å². The van der Waals surface area contributed by atoms with Crippen molar-refractivity contribution in [2.24, 2.45) is 0 Å². The van der Waals surface area contributed by atoms with Gasteiger partial charge in [0.1, 0.15) is 0 Å². The van der Waals surface area contributed by atoms with Gasteiger partial charge in [-0.25, -0.2) is 0 Å². The van der Waals surface area contributed by atoms with Gasteiger partial charge in [-0.15, -0.1) is 0 Å². The summed E-state index contributed by atoms with van der Waals surface area (Å²) < 4.78 is 37.9. The lowest BCUT2D eigenvalue weighted by Crippen LogP contribution is -2.05. The molecule has 0 atom stereocenters. The summed E-state index contributed by atoms with van der Waals surface area (Å²) in [5.41, 5.74) is 0.426. The molecule has 104 valence electrons. The van der Waals surface area contributed by atoms with Crippen LogP contribution in [0.4, 0.5) is 13.2 Å². The van der Waals surface area contributed by atoms with Crippen molar-refractivity contribution in [2.75, 3.05) is 0 Å². The minimum absolute atomic E-state index is 0.271. The first kappa shape index (κ1) is 14.0. The third-order valence-corrected chi connectivity index (χ3v) is 2.67. The van der Waals surface area contributed by atoms with Crippen LogP contribution in [0.2, 0.25) is 0 Å². The van der Waals surface area contributed by atoms with E-state index in [1.54, 1.807) is 6.07 Å². The zero-order valence-electron chi connectivity index (χ0n) is 10.2. The van der Waals surface area contributed by atoms with E-state index >= 15 is 0 Å². The highest BCUT2D eigenvalue weighted by molar-refractivity contribution is 5.71. The predicted octanol–water partition coefficient (Wildman–Crippen LogP) is 3.39. The number of aliphatic carboxylic acids is 1. The van der Waals surface area contributed by atoms with Crippen LogP contribution in [0.3, 0.4) is 0 Å². The molecule has 0 unspecified atom stereocenters. The molecule has 0 saturated carbocycles. The van der Waals surface area contributed by atoms with Crippen molar-refractivity contribution in [3.63, 3.8) is 0 Å². The van der Waals surface area contributed by atoms with Crippen LogP contribution in [0.5, 0.6) is 0 Å². The average molecular weight is 281 g/mol. The van der Waals surface area contributed by atoms with Gasteiger partial charge in [0.05, 0.1) is 17.7 Å². The van der Waals surface area contributed by atoms with Gasteiger partial charge in [-0.2, -0.15) is 13.2 Å². The fourth-order valence-electron chi connectivity index (χ4n) is 1.78. The van der Waals surface area contributed by atoms with Gasteiger partial charge in [-0.1, -0.05) is 12.1 Å². The Labute approximate surface area is 112 Å². The number of carbonyl (C=O) groups is 1. The molecule has 2 rings (SSSR count). The fraction of sp³-hybridized carbons (Fsp3) is 0.143. The molecule has 1 aromatic heterocycles. The van der Waals surface area contributed by atoms with Gasteiger partial charge in [-0.3, -0.25) is 9.78 Å². The summed E-state index contributed by atoms with van der Waals surface area (Å²) in [6, 6.07) is 7.89. The molecule has 2 aromatic rings. The highest BCUT2D eigenvalue weighted by atomic mass is 19.4. The maximum atomic E-state index is 12.6. The third-order valence-electron chi connectivity index (χ3n) is 2.67. The quantitative estimate of drug-likeness (QED) is 0.938. The van der Waals surface area contributed by atoms with E-state index in [0.717, 1.165) is 12.1 Å². The smallest absolute Gasteiger partial charge is 0.416 e. The molecule has 0 aliphatic carbocycles. The van der Waals surface area contributed by atoms with E-state index in [-0.39, 0.29) is 6.42 Å². The summed E-state index contributed by atoms with van der Waals surface area (Å²) >= 11 is 0. The van der Waals surface area contributed by atoms with Crippen LogP contribution in [0.1, 0.15) is 11.3 Å². The Morgan fingerprint density at radius 1 is 1.15 bits per heavy atom. The van der Waals surface area contributed by atoms with Crippen LogP contribution in [-0.2, 0) is 17.4 Å². The Hall–Kier alpha value is -2.37. The molecule has 1 aromatic carbocycles. The van der Waals surface area contributed by atoms with E-state index in [2.05, 4.69) is 4.98 Å². The number of pyridine rings is 1. The molecule has 0 amide bonds. The highest BCUT2D eigenvalue weighted by Gasteiger charge is 2.30. The van der Waals surface area contributed by atoms with E-state index in [1.165, 1.54) is 24.4 Å². The number of hydrogen-bond acceptors (Lipinski definition) is 2. The van der Waals surface area contributed by atoms with Crippen molar-refractivity contribution >= 4 is 5.97 Å². The number of carboxylic acid groups (broad SMARTS) is 1. The van der Waals surface area contributed by atoms with Crippen molar-refractivity contribution in [3.05, 3.63) is 53.9 Å². The zero-order valence-corrected chi connectivity index (χ0v) is 10.2. The van der Waals surface area contributed by atoms with Crippen molar-refractivity contribution in [3.8, 4) is 11.1 Å². The van der Waals surface area contributed by atoms with E-state index < -0.39 is 17.7 Å². The first-order valence-electron chi connectivity index (χ1n) is 5.70. The van der Waals surface area contributed by atoms with Crippen LogP contribution in [0.15, 0.2) is 42.6 Å². The zero-order chi connectivity index (χ0) is 14.8. The predicted molar refractivity (Wildman–Crippen MR) is 66.0 cm³/mol. The molecule has 20 heavy (non-hydrogen) atoms. The molecule has 1 heterocycles. The molecular weight excluding hydrogens is 271 g/mol. The number of hydrogen-bond donors (Lipinski definition) is 1. The molecule has 0 saturated heterocycles. The van der Waals surface area contributed by atoms with Gasteiger partial charge in [0.25, 0.3) is 0 Å². The molecule has 1 N–H and O–H groups in total. The minimum Gasteiger partial charge on any atom is -0.481 e. The van der Waals surface area contributed by atoms with Gasteiger partial charge in [0, 0.05) is 6.20 Å². The number of benzene rings is 1. The monoisotopic (exact) mass is 281 g/mol. The summed E-state index contributed by atoms with van der Waals surface area (Å²) in [7, 11) is 0. The largest absolute Gasteiger partial charge is 0.481 e. The lowest BCUT2D eigenvalue weighted by Gasteiger charge is -2.09. The number of alkyl halides is 3. The molecule has 3 nitrogen and oxygen atoms in total. The molecule has 0 aliphatic heterocycles. The van der Waals surface area contributed by atoms with Gasteiger partial charge >= 0.3 is 12.1 Å². The van der Waals surface area contributed by atoms with Gasteiger partial charge in [-0.05, 0) is 35.4 Å². The van der Waals surface area contributed by atoms with Gasteiger partial charge in [0.15, 0.2) is 0 Å². The van der Waals surface area contributed by atoms with Crippen molar-refractivity contribution in [2.45, 2.75) is 12.6 Å². The fourth-order valence-corrected chi connectivity index (χ4v) is 1.78. The van der Waals surface area contributed by atoms with Crippen LogP contribution in [0, 0.1) is 0 Å². The van der Waals surface area contributed by atoms with Crippen LogP contribution in [0.25, 0.3) is 11.1 Å². The Bertz CT molecular complexity index is 638. The Morgan fingerprint density at radius 2 is 1.85 bits per heavy atom. The van der Waals surface area contributed by atoms with E-state index in [1.807, 2.05) is 0 Å². The first-order chi connectivity index (χ1) is 9.36. The topological polar surface area (TPSA) is 50.2 Å². The van der Waals surface area contributed by atoms with Crippen molar-refractivity contribution in [1.29, 1.82) is 0 Å². The maximum Gasteiger partial charge on any atom is 0.416 e. The second-order valence-corrected chi connectivity index (χ2v) is 4.18. The molecular formula is C14H10F3NO2. The summed E-state index contributed by atoms with van der Waals surface area (Å²) in [5.74, 6) is -1.04.